The fraction of sp³-hybridized carbons (Fsp3) is 0.636. The number of rotatable bonds is 3. The molecule has 2 rings (SSSR count). The van der Waals surface area contributed by atoms with Gasteiger partial charge in [0.25, 0.3) is 0 Å². The van der Waals surface area contributed by atoms with Gasteiger partial charge in [-0.1, -0.05) is 0 Å². The van der Waals surface area contributed by atoms with E-state index in [9.17, 15) is 0 Å². The summed E-state index contributed by atoms with van der Waals surface area (Å²) in [6, 6.07) is 0.572. The van der Waals surface area contributed by atoms with E-state index in [1.807, 2.05) is 6.26 Å². The van der Waals surface area contributed by atoms with Gasteiger partial charge in [-0.25, -0.2) is 4.98 Å². The Morgan fingerprint density at radius 2 is 2.31 bits per heavy atom. The van der Waals surface area contributed by atoms with Crippen molar-refractivity contribution < 1.29 is 0 Å². The first-order valence-corrected chi connectivity index (χ1v) is 6.81. The summed E-state index contributed by atoms with van der Waals surface area (Å²) in [6.07, 6.45) is 5.59. The smallest absolute Gasteiger partial charge is 0.119 e. The van der Waals surface area contributed by atoms with Gasteiger partial charge in [-0.3, -0.25) is 9.88 Å². The van der Waals surface area contributed by atoms with Crippen molar-refractivity contribution >= 4 is 11.8 Å². The molecule has 1 fully saturated rings. The van der Waals surface area contributed by atoms with Gasteiger partial charge in [0.15, 0.2) is 0 Å². The molecule has 1 aliphatic heterocycles. The second kappa shape index (κ2) is 5.61. The summed E-state index contributed by atoms with van der Waals surface area (Å²) >= 11 is 1.67. The summed E-state index contributed by atoms with van der Waals surface area (Å²) in [5.74, 6) is 0. The summed E-state index contributed by atoms with van der Waals surface area (Å²) in [5, 5.41) is 4.49. The number of piperazine rings is 1. The van der Waals surface area contributed by atoms with Crippen LogP contribution < -0.4 is 5.32 Å². The Morgan fingerprint density at radius 3 is 3.06 bits per heavy atom. The van der Waals surface area contributed by atoms with Gasteiger partial charge in [0.05, 0.1) is 5.69 Å². The number of nitrogens with zero attached hydrogens (tertiary/aromatic N) is 3. The maximum absolute atomic E-state index is 4.42. The molecule has 0 amide bonds. The highest BCUT2D eigenvalue weighted by Crippen LogP contribution is 2.16. The molecule has 1 aromatic rings. The lowest BCUT2D eigenvalue weighted by atomic mass is 10.2. The molecule has 1 unspecified atom stereocenters. The second-order valence-electron chi connectivity index (χ2n) is 4.10. The Bertz CT molecular complexity index is 345. The van der Waals surface area contributed by atoms with E-state index >= 15 is 0 Å². The first-order chi connectivity index (χ1) is 7.79. The van der Waals surface area contributed by atoms with Crippen LogP contribution in [0.25, 0.3) is 0 Å². The molecule has 88 valence electrons. The molecule has 2 heterocycles. The predicted molar refractivity (Wildman–Crippen MR) is 66.6 cm³/mol. The molecule has 1 aromatic heterocycles. The van der Waals surface area contributed by atoms with E-state index in [1.54, 1.807) is 24.2 Å². The summed E-state index contributed by atoms with van der Waals surface area (Å²) in [6.45, 7) is 6.38. The first-order valence-electron chi connectivity index (χ1n) is 5.59. The average molecular weight is 238 g/mol. The van der Waals surface area contributed by atoms with Gasteiger partial charge < -0.3 is 5.32 Å². The second-order valence-corrected chi connectivity index (χ2v) is 4.90. The SMILES string of the molecule is CSc1nccnc1CN1CCNC(C)C1. The van der Waals surface area contributed by atoms with E-state index in [-0.39, 0.29) is 0 Å². The van der Waals surface area contributed by atoms with Gasteiger partial charge in [0.1, 0.15) is 5.03 Å². The topological polar surface area (TPSA) is 41.1 Å². The van der Waals surface area contributed by atoms with Crippen LogP contribution in [0.4, 0.5) is 0 Å². The Hall–Kier alpha value is -0.650. The lowest BCUT2D eigenvalue weighted by Gasteiger charge is -2.31. The van der Waals surface area contributed by atoms with Crippen LogP contribution in [0.15, 0.2) is 17.4 Å². The average Bonchev–Trinajstić information content (AvgIpc) is 2.30. The molecule has 0 aromatic carbocycles. The summed E-state index contributed by atoms with van der Waals surface area (Å²) < 4.78 is 0. The van der Waals surface area contributed by atoms with Crippen LogP contribution in [0.1, 0.15) is 12.6 Å². The molecule has 1 saturated heterocycles. The van der Waals surface area contributed by atoms with Crippen molar-refractivity contribution in [3.8, 4) is 0 Å². The molecule has 4 nitrogen and oxygen atoms in total. The van der Waals surface area contributed by atoms with Crippen molar-refractivity contribution in [2.45, 2.75) is 24.5 Å². The normalized spacial score (nSPS) is 22.2. The first kappa shape index (κ1) is 11.8. The zero-order chi connectivity index (χ0) is 11.4. The fourth-order valence-corrected chi connectivity index (χ4v) is 2.52. The van der Waals surface area contributed by atoms with Crippen LogP contribution in [-0.2, 0) is 6.54 Å². The highest BCUT2D eigenvalue weighted by atomic mass is 32.2. The maximum atomic E-state index is 4.42. The lowest BCUT2D eigenvalue weighted by molar-refractivity contribution is 0.196. The van der Waals surface area contributed by atoms with E-state index in [2.05, 4.69) is 27.1 Å². The standard InChI is InChI=1S/C11H18N4S/c1-9-7-15(6-5-12-9)8-10-11(16-2)14-4-3-13-10/h3-4,9,12H,5-8H2,1-2H3. The fourth-order valence-electron chi connectivity index (χ4n) is 2.00. The molecule has 0 spiro atoms. The monoisotopic (exact) mass is 238 g/mol. The minimum atomic E-state index is 0.572. The summed E-state index contributed by atoms with van der Waals surface area (Å²) in [5.41, 5.74) is 1.10. The van der Waals surface area contributed by atoms with E-state index in [0.717, 1.165) is 36.9 Å². The summed E-state index contributed by atoms with van der Waals surface area (Å²) in [7, 11) is 0. The summed E-state index contributed by atoms with van der Waals surface area (Å²) in [4.78, 5) is 11.2. The number of thioether (sulfide) groups is 1. The van der Waals surface area contributed by atoms with Crippen molar-refractivity contribution in [2.24, 2.45) is 0 Å². The molecular formula is C11H18N4S. The van der Waals surface area contributed by atoms with Crippen LogP contribution in [0.5, 0.6) is 0 Å². The van der Waals surface area contributed by atoms with Crippen molar-refractivity contribution in [3.63, 3.8) is 0 Å². The number of nitrogens with one attached hydrogen (secondary N) is 1. The Balaban J connectivity index is 2.02. The highest BCUT2D eigenvalue weighted by Gasteiger charge is 2.17. The number of hydrogen-bond donors (Lipinski definition) is 1. The van der Waals surface area contributed by atoms with Gasteiger partial charge in [0.2, 0.25) is 0 Å². The molecule has 1 aliphatic rings. The number of hydrogen-bond acceptors (Lipinski definition) is 5. The molecule has 0 radical (unpaired) electrons. The number of aromatic nitrogens is 2. The van der Waals surface area contributed by atoms with Crippen molar-refractivity contribution in [3.05, 3.63) is 18.1 Å². The third-order valence-corrected chi connectivity index (χ3v) is 3.48. The van der Waals surface area contributed by atoms with E-state index in [4.69, 9.17) is 0 Å². The third-order valence-electron chi connectivity index (χ3n) is 2.76. The Morgan fingerprint density at radius 1 is 1.50 bits per heavy atom. The maximum Gasteiger partial charge on any atom is 0.119 e. The van der Waals surface area contributed by atoms with Gasteiger partial charge in [0, 0.05) is 44.6 Å². The lowest BCUT2D eigenvalue weighted by Crippen LogP contribution is -2.48. The zero-order valence-corrected chi connectivity index (χ0v) is 10.6. The molecule has 1 atom stereocenters. The van der Waals surface area contributed by atoms with Crippen molar-refractivity contribution in [1.29, 1.82) is 0 Å². The molecular weight excluding hydrogens is 220 g/mol. The van der Waals surface area contributed by atoms with E-state index < -0.39 is 0 Å². The van der Waals surface area contributed by atoms with Crippen LogP contribution in [0.2, 0.25) is 0 Å². The van der Waals surface area contributed by atoms with Crippen LogP contribution in [-0.4, -0.2) is 46.8 Å². The highest BCUT2D eigenvalue weighted by molar-refractivity contribution is 7.98. The minimum Gasteiger partial charge on any atom is -0.312 e. The van der Waals surface area contributed by atoms with Crippen LogP contribution in [0, 0.1) is 0 Å². The quantitative estimate of drug-likeness (QED) is 0.795. The molecule has 5 heteroatoms. The minimum absolute atomic E-state index is 0.572. The van der Waals surface area contributed by atoms with E-state index in [0.29, 0.717) is 6.04 Å². The molecule has 1 N–H and O–H groups in total. The van der Waals surface area contributed by atoms with E-state index in [1.165, 1.54) is 0 Å². The Labute approximate surface area is 101 Å². The van der Waals surface area contributed by atoms with Crippen molar-refractivity contribution in [2.75, 3.05) is 25.9 Å². The molecule has 16 heavy (non-hydrogen) atoms. The molecule has 0 saturated carbocycles. The molecule has 0 aliphatic carbocycles. The van der Waals surface area contributed by atoms with Gasteiger partial charge in [-0.05, 0) is 13.2 Å². The third kappa shape index (κ3) is 2.93. The predicted octanol–water partition coefficient (Wildman–Crippen LogP) is 0.992. The Kier molecular flexibility index (Phi) is 4.15. The van der Waals surface area contributed by atoms with Crippen LogP contribution >= 0.6 is 11.8 Å². The van der Waals surface area contributed by atoms with Crippen molar-refractivity contribution in [1.82, 2.24) is 20.2 Å². The zero-order valence-electron chi connectivity index (χ0n) is 9.81. The van der Waals surface area contributed by atoms with Gasteiger partial charge in [-0.15, -0.1) is 11.8 Å². The van der Waals surface area contributed by atoms with Gasteiger partial charge in [-0.2, -0.15) is 0 Å². The van der Waals surface area contributed by atoms with Crippen LogP contribution in [0.3, 0.4) is 0 Å². The van der Waals surface area contributed by atoms with Gasteiger partial charge >= 0.3 is 0 Å². The largest absolute Gasteiger partial charge is 0.312 e. The molecule has 0 bridgehead atoms.